The first kappa shape index (κ1) is 19.4. The number of aromatic nitrogens is 1. The zero-order valence-electron chi connectivity index (χ0n) is 15.0. The van der Waals surface area contributed by atoms with E-state index in [1.165, 1.54) is 6.07 Å². The fourth-order valence-electron chi connectivity index (χ4n) is 3.35. The molecule has 2 heterocycles. The van der Waals surface area contributed by atoms with Gasteiger partial charge in [-0.1, -0.05) is 11.6 Å². The maximum Gasteiger partial charge on any atom is 0.295 e. The Kier molecular flexibility index (Phi) is 4.77. The SMILES string of the molecule is Nc1ccc(F)cc1C(=O)N1CCC(F)(F)[C@H]1CNc1nc2cc(Cl)ccc2o1. The normalized spacial score (nSPS) is 18.3. The number of likely N-dealkylation sites (tertiary alicyclic amines) is 1. The van der Waals surface area contributed by atoms with Gasteiger partial charge in [0, 0.05) is 30.2 Å². The first-order valence-corrected chi connectivity index (χ1v) is 9.16. The molecule has 29 heavy (non-hydrogen) atoms. The smallest absolute Gasteiger partial charge is 0.295 e. The molecule has 3 aromatic rings. The molecular formula is C19H16ClF3N4O2. The molecule has 3 N–H and O–H groups in total. The molecule has 0 bridgehead atoms. The average Bonchev–Trinajstić information content (AvgIpc) is 3.20. The van der Waals surface area contributed by atoms with Crippen molar-refractivity contribution in [1.29, 1.82) is 0 Å². The zero-order chi connectivity index (χ0) is 20.8. The number of carbonyl (C=O) groups excluding carboxylic acids is 1. The van der Waals surface area contributed by atoms with Crippen molar-refractivity contribution in [3.05, 3.63) is 52.8 Å². The molecule has 1 aliphatic rings. The summed E-state index contributed by atoms with van der Waals surface area (Å²) in [5, 5.41) is 3.18. The molecule has 1 fully saturated rings. The van der Waals surface area contributed by atoms with Gasteiger partial charge in [0.05, 0.1) is 5.56 Å². The van der Waals surface area contributed by atoms with Gasteiger partial charge < -0.3 is 20.4 Å². The molecule has 0 saturated carbocycles. The van der Waals surface area contributed by atoms with Crippen LogP contribution in [0.2, 0.25) is 5.02 Å². The topological polar surface area (TPSA) is 84.4 Å². The van der Waals surface area contributed by atoms with Gasteiger partial charge in [-0.2, -0.15) is 4.98 Å². The third-order valence-electron chi connectivity index (χ3n) is 4.85. The number of hydrogen-bond donors (Lipinski definition) is 2. The summed E-state index contributed by atoms with van der Waals surface area (Å²) in [6.45, 7) is -0.494. The molecule has 0 spiro atoms. The van der Waals surface area contributed by atoms with E-state index in [9.17, 15) is 18.0 Å². The fourth-order valence-corrected chi connectivity index (χ4v) is 3.52. The van der Waals surface area contributed by atoms with E-state index in [0.717, 1.165) is 17.0 Å². The number of halogens is 4. The van der Waals surface area contributed by atoms with Crippen LogP contribution >= 0.6 is 11.6 Å². The second kappa shape index (κ2) is 7.14. The van der Waals surface area contributed by atoms with Gasteiger partial charge in [-0.05, 0) is 36.4 Å². The molecule has 152 valence electrons. The number of fused-ring (bicyclic) bond motifs is 1. The monoisotopic (exact) mass is 424 g/mol. The lowest BCUT2D eigenvalue weighted by atomic mass is 10.1. The first-order valence-electron chi connectivity index (χ1n) is 8.78. The van der Waals surface area contributed by atoms with Gasteiger partial charge in [-0.25, -0.2) is 13.2 Å². The Balaban J connectivity index is 1.56. The Hall–Kier alpha value is -2.94. The van der Waals surface area contributed by atoms with Crippen molar-refractivity contribution in [2.75, 3.05) is 24.1 Å². The van der Waals surface area contributed by atoms with Crippen molar-refractivity contribution < 1.29 is 22.4 Å². The third-order valence-corrected chi connectivity index (χ3v) is 5.09. The van der Waals surface area contributed by atoms with E-state index >= 15 is 0 Å². The number of nitrogens with two attached hydrogens (primary N) is 1. The van der Waals surface area contributed by atoms with Crippen LogP contribution in [0.5, 0.6) is 0 Å². The average molecular weight is 425 g/mol. The highest BCUT2D eigenvalue weighted by molar-refractivity contribution is 6.31. The van der Waals surface area contributed by atoms with Gasteiger partial charge >= 0.3 is 0 Å². The minimum Gasteiger partial charge on any atom is -0.424 e. The van der Waals surface area contributed by atoms with Crippen LogP contribution in [-0.4, -0.2) is 40.8 Å². The van der Waals surface area contributed by atoms with Crippen molar-refractivity contribution in [3.8, 4) is 0 Å². The number of nitrogen functional groups attached to an aromatic ring is 1. The second-order valence-electron chi connectivity index (χ2n) is 6.77. The molecule has 1 amide bonds. The molecule has 0 unspecified atom stereocenters. The molecule has 1 aromatic heterocycles. The highest BCUT2D eigenvalue weighted by Gasteiger charge is 2.50. The lowest BCUT2D eigenvalue weighted by Gasteiger charge is -2.28. The number of anilines is 2. The maximum absolute atomic E-state index is 14.5. The van der Waals surface area contributed by atoms with Crippen LogP contribution in [0, 0.1) is 5.82 Å². The van der Waals surface area contributed by atoms with E-state index in [4.69, 9.17) is 21.8 Å². The Labute approximate surface area is 168 Å². The summed E-state index contributed by atoms with van der Waals surface area (Å²) in [7, 11) is 0. The van der Waals surface area contributed by atoms with Crippen LogP contribution in [0.25, 0.3) is 11.1 Å². The summed E-state index contributed by atoms with van der Waals surface area (Å²) in [4.78, 5) is 17.9. The molecule has 0 radical (unpaired) electrons. The molecule has 0 aliphatic carbocycles. The molecule has 4 rings (SSSR count). The standard InChI is InChI=1S/C19H16ClF3N4O2/c20-10-1-4-15-14(7-10)26-18(29-15)25-9-16-19(22,23)5-6-27(16)17(28)12-8-11(21)2-3-13(12)24/h1-4,7-8,16H,5-6,9,24H2,(H,25,26)/t16-/m1/s1. The third kappa shape index (κ3) is 3.69. The molecule has 6 nitrogen and oxygen atoms in total. The Morgan fingerprint density at radius 3 is 2.93 bits per heavy atom. The molecule has 10 heteroatoms. The minimum absolute atomic E-state index is 0.0224. The van der Waals surface area contributed by atoms with Crippen LogP contribution in [0.3, 0.4) is 0 Å². The largest absolute Gasteiger partial charge is 0.424 e. The van der Waals surface area contributed by atoms with Crippen LogP contribution < -0.4 is 11.1 Å². The summed E-state index contributed by atoms with van der Waals surface area (Å²) >= 11 is 5.90. The highest BCUT2D eigenvalue weighted by Crippen LogP contribution is 2.36. The number of carbonyl (C=O) groups is 1. The molecule has 2 aromatic carbocycles. The van der Waals surface area contributed by atoms with Gasteiger partial charge in [0.1, 0.15) is 17.4 Å². The Morgan fingerprint density at radius 1 is 1.34 bits per heavy atom. The summed E-state index contributed by atoms with van der Waals surface area (Å²) in [5.41, 5.74) is 6.52. The second-order valence-corrected chi connectivity index (χ2v) is 7.21. The van der Waals surface area contributed by atoms with E-state index in [1.54, 1.807) is 18.2 Å². The van der Waals surface area contributed by atoms with E-state index < -0.39 is 30.1 Å². The van der Waals surface area contributed by atoms with Crippen molar-refractivity contribution >= 4 is 40.3 Å². The van der Waals surface area contributed by atoms with E-state index in [0.29, 0.717) is 16.1 Å². The van der Waals surface area contributed by atoms with E-state index in [1.807, 2.05) is 0 Å². The summed E-state index contributed by atoms with van der Waals surface area (Å²) in [5.74, 6) is -4.57. The number of nitrogens with zero attached hydrogens (tertiary/aromatic N) is 2. The van der Waals surface area contributed by atoms with E-state index in [-0.39, 0.29) is 30.4 Å². The van der Waals surface area contributed by atoms with E-state index in [2.05, 4.69) is 10.3 Å². The molecule has 1 saturated heterocycles. The van der Waals surface area contributed by atoms with Crippen LogP contribution in [0.15, 0.2) is 40.8 Å². The predicted molar refractivity (Wildman–Crippen MR) is 103 cm³/mol. The van der Waals surface area contributed by atoms with Crippen molar-refractivity contribution in [1.82, 2.24) is 9.88 Å². The van der Waals surface area contributed by atoms with Gasteiger partial charge in [0.2, 0.25) is 0 Å². The van der Waals surface area contributed by atoms with Crippen LogP contribution in [0.4, 0.5) is 24.9 Å². The van der Waals surface area contributed by atoms with Crippen molar-refractivity contribution in [2.45, 2.75) is 18.4 Å². The lowest BCUT2D eigenvalue weighted by molar-refractivity contribution is -0.0249. The quantitative estimate of drug-likeness (QED) is 0.614. The zero-order valence-corrected chi connectivity index (χ0v) is 15.7. The molecule has 1 atom stereocenters. The summed E-state index contributed by atoms with van der Waals surface area (Å²) in [6.07, 6.45) is -0.510. The van der Waals surface area contributed by atoms with Gasteiger partial charge in [0.25, 0.3) is 17.8 Å². The number of amides is 1. The summed E-state index contributed by atoms with van der Waals surface area (Å²) in [6, 6.07) is 6.65. The molecular weight excluding hydrogens is 409 g/mol. The van der Waals surface area contributed by atoms with Crippen molar-refractivity contribution in [2.24, 2.45) is 0 Å². The van der Waals surface area contributed by atoms with Gasteiger partial charge in [-0.15, -0.1) is 0 Å². The van der Waals surface area contributed by atoms with Gasteiger partial charge in [0.15, 0.2) is 5.58 Å². The summed E-state index contributed by atoms with van der Waals surface area (Å²) < 4.78 is 47.9. The van der Waals surface area contributed by atoms with Crippen molar-refractivity contribution in [3.63, 3.8) is 0 Å². The number of rotatable bonds is 4. The predicted octanol–water partition coefficient (Wildman–Crippen LogP) is 4.16. The Morgan fingerprint density at radius 2 is 2.14 bits per heavy atom. The number of hydrogen-bond acceptors (Lipinski definition) is 5. The fraction of sp³-hybridized carbons (Fsp3) is 0.263. The number of nitrogens with one attached hydrogen (secondary N) is 1. The van der Waals surface area contributed by atoms with Gasteiger partial charge in [-0.3, -0.25) is 4.79 Å². The lowest BCUT2D eigenvalue weighted by Crippen LogP contribution is -2.47. The minimum atomic E-state index is -3.14. The highest BCUT2D eigenvalue weighted by atomic mass is 35.5. The van der Waals surface area contributed by atoms with Crippen LogP contribution in [-0.2, 0) is 0 Å². The van der Waals surface area contributed by atoms with Crippen LogP contribution in [0.1, 0.15) is 16.8 Å². The molecule has 1 aliphatic heterocycles. The first-order chi connectivity index (χ1) is 13.7. The Bertz CT molecular complexity index is 1090. The maximum atomic E-state index is 14.5. The number of alkyl halides is 2. The number of benzene rings is 2. The number of oxazole rings is 1.